The molecule has 1 heterocycles. The molecule has 6 heteroatoms. The van der Waals surface area contributed by atoms with Crippen LogP contribution in [0.4, 0.5) is 10.2 Å². The highest BCUT2D eigenvalue weighted by Gasteiger charge is 2.05. The third kappa shape index (κ3) is 3.38. The lowest BCUT2D eigenvalue weighted by Crippen LogP contribution is -1.92. The van der Waals surface area contributed by atoms with E-state index in [1.807, 2.05) is 13.8 Å². The fourth-order valence-electron chi connectivity index (χ4n) is 0.784. The van der Waals surface area contributed by atoms with Crippen LogP contribution in [0.2, 0.25) is 0 Å². The van der Waals surface area contributed by atoms with Crippen molar-refractivity contribution in [2.24, 2.45) is 10.2 Å². The van der Waals surface area contributed by atoms with E-state index in [-0.39, 0.29) is 11.8 Å². The van der Waals surface area contributed by atoms with Gasteiger partial charge in [-0.3, -0.25) is 0 Å². The van der Waals surface area contributed by atoms with Crippen molar-refractivity contribution >= 4 is 5.82 Å². The lowest BCUT2D eigenvalue weighted by molar-refractivity contribution is 0.377. The lowest BCUT2D eigenvalue weighted by Gasteiger charge is -1.97. The van der Waals surface area contributed by atoms with Gasteiger partial charge in [-0.1, -0.05) is 12.5 Å². The molecule has 1 rings (SSSR count). The van der Waals surface area contributed by atoms with E-state index in [9.17, 15) is 4.39 Å². The Hall–Kier alpha value is -1.85. The molecule has 0 saturated carbocycles. The second-order valence-corrected chi connectivity index (χ2v) is 3.07. The monoisotopic (exact) mass is 224 g/mol. The first kappa shape index (κ1) is 12.2. The zero-order valence-electron chi connectivity index (χ0n) is 9.44. The predicted octanol–water partition coefficient (Wildman–Crippen LogP) is 3.02. The molecule has 86 valence electrons. The van der Waals surface area contributed by atoms with Gasteiger partial charge in [-0.2, -0.15) is 10.1 Å². The van der Waals surface area contributed by atoms with Gasteiger partial charge < -0.3 is 4.74 Å². The molecule has 1 aromatic heterocycles. The summed E-state index contributed by atoms with van der Waals surface area (Å²) in [5.41, 5.74) is 1.05. The molecule has 0 atom stereocenters. The number of ether oxygens (including phenoxy) is 1. The van der Waals surface area contributed by atoms with Crippen LogP contribution in [0.15, 0.2) is 28.2 Å². The summed E-state index contributed by atoms with van der Waals surface area (Å²) in [5, 5.41) is 7.37. The molecular weight excluding hydrogens is 211 g/mol. The number of nitrogens with zero attached hydrogens (tertiary/aromatic N) is 4. The molecule has 0 saturated heterocycles. The topological polar surface area (TPSA) is 59.7 Å². The molecule has 0 radical (unpaired) electrons. The molecule has 0 aliphatic heterocycles. The minimum Gasteiger partial charge on any atom is -0.467 e. The molecule has 0 amide bonds. The van der Waals surface area contributed by atoms with E-state index in [1.54, 1.807) is 6.20 Å². The largest absolute Gasteiger partial charge is 0.467 e. The van der Waals surface area contributed by atoms with Crippen LogP contribution in [0.1, 0.15) is 20.3 Å². The van der Waals surface area contributed by atoms with E-state index < -0.39 is 5.82 Å². The van der Waals surface area contributed by atoms with Crippen LogP contribution < -0.4 is 4.74 Å². The van der Waals surface area contributed by atoms with Crippen molar-refractivity contribution in [3.05, 3.63) is 23.8 Å². The summed E-state index contributed by atoms with van der Waals surface area (Å²) in [6, 6.07) is 0.0616. The van der Waals surface area contributed by atoms with Crippen LogP contribution in [0.5, 0.6) is 6.01 Å². The molecule has 0 fully saturated rings. The molecule has 5 nitrogen and oxygen atoms in total. The second-order valence-electron chi connectivity index (χ2n) is 3.07. The van der Waals surface area contributed by atoms with Crippen molar-refractivity contribution < 1.29 is 9.13 Å². The van der Waals surface area contributed by atoms with Crippen molar-refractivity contribution in [1.29, 1.82) is 0 Å². The minimum absolute atomic E-state index is 0.0616. The maximum absolute atomic E-state index is 13.2. The van der Waals surface area contributed by atoms with Crippen LogP contribution in [0, 0.1) is 5.82 Å². The summed E-state index contributed by atoms with van der Waals surface area (Å²) in [4.78, 5) is 7.31. The Morgan fingerprint density at radius 1 is 1.62 bits per heavy atom. The smallest absolute Gasteiger partial charge is 0.318 e. The molecule has 1 aromatic rings. The zero-order chi connectivity index (χ0) is 12.0. The predicted molar refractivity (Wildman–Crippen MR) is 57.1 cm³/mol. The Kier molecular flexibility index (Phi) is 4.50. The second kappa shape index (κ2) is 5.89. The Labute approximate surface area is 93.1 Å². The van der Waals surface area contributed by atoms with E-state index in [0.29, 0.717) is 0 Å². The number of allylic oxidation sites excluding steroid dienone is 1. The molecule has 0 aliphatic carbocycles. The van der Waals surface area contributed by atoms with Gasteiger partial charge in [-0.15, -0.1) is 5.11 Å². The first-order valence-corrected chi connectivity index (χ1v) is 4.80. The molecule has 16 heavy (non-hydrogen) atoms. The summed E-state index contributed by atoms with van der Waals surface area (Å²) in [6.07, 6.45) is 3.43. The normalized spacial score (nSPS) is 12.1. The SMILES string of the molecule is CC/C(C)=C/N=Nc1nc(OC)ncc1F. The maximum Gasteiger partial charge on any atom is 0.318 e. The molecular formula is C10H13FN4O. The lowest BCUT2D eigenvalue weighted by atomic mass is 10.3. The standard InChI is InChI=1S/C10H13FN4O/c1-4-7(2)5-13-15-9-8(11)6-12-10(14-9)16-3/h5-6H,4H2,1-3H3/b7-5+,15-13?. The van der Waals surface area contributed by atoms with Gasteiger partial charge in [0.25, 0.3) is 0 Å². The number of aromatic nitrogens is 2. The third-order valence-electron chi connectivity index (χ3n) is 1.87. The number of hydrogen-bond donors (Lipinski definition) is 0. The van der Waals surface area contributed by atoms with E-state index in [4.69, 9.17) is 4.74 Å². The number of azo groups is 1. The van der Waals surface area contributed by atoms with Crippen molar-refractivity contribution in [1.82, 2.24) is 9.97 Å². The van der Waals surface area contributed by atoms with E-state index in [1.165, 1.54) is 7.11 Å². The van der Waals surface area contributed by atoms with Gasteiger partial charge in [0.15, 0.2) is 5.82 Å². The Morgan fingerprint density at radius 3 is 3.00 bits per heavy atom. The molecule has 0 spiro atoms. The van der Waals surface area contributed by atoms with Crippen LogP contribution in [-0.2, 0) is 0 Å². The van der Waals surface area contributed by atoms with E-state index in [0.717, 1.165) is 18.2 Å². The maximum atomic E-state index is 13.2. The van der Waals surface area contributed by atoms with Crippen LogP contribution in [0.25, 0.3) is 0 Å². The van der Waals surface area contributed by atoms with Gasteiger partial charge in [0.05, 0.1) is 13.3 Å². The number of rotatable bonds is 4. The van der Waals surface area contributed by atoms with Crippen LogP contribution >= 0.6 is 0 Å². The fourth-order valence-corrected chi connectivity index (χ4v) is 0.784. The molecule has 0 aliphatic rings. The van der Waals surface area contributed by atoms with Crippen LogP contribution in [0.3, 0.4) is 0 Å². The Bertz CT molecular complexity index is 417. The average Bonchev–Trinajstić information content (AvgIpc) is 2.31. The number of halogens is 1. The van der Waals surface area contributed by atoms with Crippen molar-refractivity contribution in [2.45, 2.75) is 20.3 Å². The Morgan fingerprint density at radius 2 is 2.38 bits per heavy atom. The van der Waals surface area contributed by atoms with Crippen molar-refractivity contribution in [2.75, 3.05) is 7.11 Å². The van der Waals surface area contributed by atoms with Gasteiger partial charge in [0.1, 0.15) is 0 Å². The zero-order valence-corrected chi connectivity index (χ0v) is 9.44. The summed E-state index contributed by atoms with van der Waals surface area (Å²) in [5.74, 6) is -0.765. The van der Waals surface area contributed by atoms with Crippen molar-refractivity contribution in [3.63, 3.8) is 0 Å². The summed E-state index contributed by atoms with van der Waals surface area (Å²) in [6.45, 7) is 3.91. The van der Waals surface area contributed by atoms with E-state index in [2.05, 4.69) is 20.2 Å². The first-order valence-electron chi connectivity index (χ1n) is 4.80. The van der Waals surface area contributed by atoms with Crippen molar-refractivity contribution in [3.8, 4) is 6.01 Å². The fraction of sp³-hybridized carbons (Fsp3) is 0.400. The highest BCUT2D eigenvalue weighted by Crippen LogP contribution is 2.16. The third-order valence-corrected chi connectivity index (χ3v) is 1.87. The molecule has 0 aromatic carbocycles. The molecule has 0 unspecified atom stereocenters. The van der Waals surface area contributed by atoms with Gasteiger partial charge >= 0.3 is 6.01 Å². The van der Waals surface area contributed by atoms with Gasteiger partial charge in [-0.05, 0) is 13.3 Å². The quantitative estimate of drug-likeness (QED) is 0.738. The highest BCUT2D eigenvalue weighted by molar-refractivity contribution is 5.27. The van der Waals surface area contributed by atoms with Gasteiger partial charge in [0, 0.05) is 6.20 Å². The van der Waals surface area contributed by atoms with Gasteiger partial charge in [0.2, 0.25) is 5.82 Å². The van der Waals surface area contributed by atoms with E-state index >= 15 is 0 Å². The van der Waals surface area contributed by atoms with Crippen LogP contribution in [-0.4, -0.2) is 17.1 Å². The first-order chi connectivity index (χ1) is 7.67. The number of methoxy groups -OCH3 is 1. The Balaban J connectivity index is 2.87. The highest BCUT2D eigenvalue weighted by atomic mass is 19.1. The summed E-state index contributed by atoms with van der Waals surface area (Å²) >= 11 is 0. The van der Waals surface area contributed by atoms with Gasteiger partial charge in [-0.25, -0.2) is 9.37 Å². The minimum atomic E-state index is -0.632. The molecule has 0 bridgehead atoms. The number of hydrogen-bond acceptors (Lipinski definition) is 5. The average molecular weight is 224 g/mol. The molecule has 0 N–H and O–H groups in total. The summed E-state index contributed by atoms with van der Waals surface area (Å²) < 4.78 is 17.9. The summed E-state index contributed by atoms with van der Waals surface area (Å²) in [7, 11) is 1.40.